The van der Waals surface area contributed by atoms with E-state index in [-0.39, 0.29) is 25.8 Å². The summed E-state index contributed by atoms with van der Waals surface area (Å²) in [6.07, 6.45) is 1.16. The number of nitrogens with two attached hydrogens (primary N) is 1. The summed E-state index contributed by atoms with van der Waals surface area (Å²) in [5, 5.41) is 11.1. The third-order valence-corrected chi connectivity index (χ3v) is 5.73. The molecule has 0 heterocycles. The molecular formula is C18H26N3O5P. The Morgan fingerprint density at radius 1 is 1.22 bits per heavy atom. The Hall–Kier alpha value is -2.20. The summed E-state index contributed by atoms with van der Waals surface area (Å²) in [6, 6.07) is 7.61. The van der Waals surface area contributed by atoms with Crippen LogP contribution in [0.15, 0.2) is 24.3 Å². The van der Waals surface area contributed by atoms with Gasteiger partial charge in [0, 0.05) is 12.0 Å². The molecule has 148 valence electrons. The van der Waals surface area contributed by atoms with E-state index in [1.165, 1.54) is 0 Å². The SMILES string of the molecule is CCOP(=O)(Cc1ccc(C(=O)N[C@H](CCCC#N)C(N)=O)cc1)OCC. The van der Waals surface area contributed by atoms with Crippen molar-refractivity contribution >= 4 is 19.4 Å². The van der Waals surface area contributed by atoms with Crippen LogP contribution in [-0.4, -0.2) is 31.1 Å². The van der Waals surface area contributed by atoms with Crippen LogP contribution >= 0.6 is 7.60 Å². The average Bonchev–Trinajstić information content (AvgIpc) is 2.61. The molecule has 0 fully saturated rings. The smallest absolute Gasteiger partial charge is 0.335 e. The maximum Gasteiger partial charge on any atom is 0.335 e. The standard InChI is InChI=1S/C18H26N3O5P/c1-3-25-27(24,26-4-2)13-14-8-10-15(11-9-14)18(23)21-16(17(20)22)7-5-6-12-19/h8-11,16H,3-7,13H2,1-2H3,(H2,20,22)(H,21,23)/t16-/m1/s1. The molecule has 0 bridgehead atoms. The van der Waals surface area contributed by atoms with Gasteiger partial charge < -0.3 is 20.1 Å². The molecule has 0 unspecified atom stereocenters. The monoisotopic (exact) mass is 395 g/mol. The fraction of sp³-hybridized carbons (Fsp3) is 0.500. The van der Waals surface area contributed by atoms with Gasteiger partial charge in [-0.3, -0.25) is 14.2 Å². The Kier molecular flexibility index (Phi) is 9.73. The van der Waals surface area contributed by atoms with Crippen molar-refractivity contribution in [1.29, 1.82) is 5.26 Å². The van der Waals surface area contributed by atoms with E-state index in [1.54, 1.807) is 38.1 Å². The topological polar surface area (TPSA) is 132 Å². The molecule has 0 aliphatic carbocycles. The van der Waals surface area contributed by atoms with Gasteiger partial charge in [0.1, 0.15) is 6.04 Å². The zero-order chi connectivity index (χ0) is 20.3. The molecule has 1 rings (SSSR count). The van der Waals surface area contributed by atoms with Gasteiger partial charge in [-0.1, -0.05) is 12.1 Å². The number of rotatable bonds is 12. The summed E-state index contributed by atoms with van der Waals surface area (Å²) in [7, 11) is -3.22. The first-order valence-electron chi connectivity index (χ1n) is 8.79. The van der Waals surface area contributed by atoms with Crippen LogP contribution in [0.3, 0.4) is 0 Å². The van der Waals surface area contributed by atoms with E-state index >= 15 is 0 Å². The average molecular weight is 395 g/mol. The van der Waals surface area contributed by atoms with Crippen molar-refractivity contribution in [2.75, 3.05) is 13.2 Å². The van der Waals surface area contributed by atoms with E-state index in [9.17, 15) is 14.2 Å². The van der Waals surface area contributed by atoms with Gasteiger partial charge in [-0.2, -0.15) is 5.26 Å². The number of carbonyl (C=O) groups excluding carboxylic acids is 2. The summed E-state index contributed by atoms with van der Waals surface area (Å²) in [5.41, 5.74) is 6.35. The van der Waals surface area contributed by atoms with Crippen molar-refractivity contribution in [3.8, 4) is 6.07 Å². The van der Waals surface area contributed by atoms with Gasteiger partial charge in [0.15, 0.2) is 0 Å². The molecule has 9 heteroatoms. The second-order valence-corrected chi connectivity index (χ2v) is 7.83. The summed E-state index contributed by atoms with van der Waals surface area (Å²) < 4.78 is 23.1. The quantitative estimate of drug-likeness (QED) is 0.413. The molecule has 0 spiro atoms. The van der Waals surface area contributed by atoms with Crippen LogP contribution in [0.1, 0.15) is 49.0 Å². The molecular weight excluding hydrogens is 369 g/mol. The van der Waals surface area contributed by atoms with Crippen molar-refractivity contribution in [3.05, 3.63) is 35.4 Å². The number of amides is 2. The van der Waals surface area contributed by atoms with Crippen LogP contribution in [0.2, 0.25) is 0 Å². The van der Waals surface area contributed by atoms with Crippen molar-refractivity contribution < 1.29 is 23.2 Å². The van der Waals surface area contributed by atoms with Crippen molar-refractivity contribution in [2.24, 2.45) is 5.73 Å². The maximum atomic E-state index is 12.5. The number of unbranched alkanes of at least 4 members (excludes halogenated alkanes) is 1. The van der Waals surface area contributed by atoms with E-state index in [4.69, 9.17) is 20.0 Å². The van der Waals surface area contributed by atoms with Gasteiger partial charge in [0.25, 0.3) is 5.91 Å². The molecule has 27 heavy (non-hydrogen) atoms. The number of hydrogen-bond donors (Lipinski definition) is 2. The lowest BCUT2D eigenvalue weighted by molar-refractivity contribution is -0.120. The third-order valence-electron chi connectivity index (χ3n) is 3.67. The molecule has 3 N–H and O–H groups in total. The number of nitriles is 1. The molecule has 0 saturated carbocycles. The first-order chi connectivity index (χ1) is 12.8. The highest BCUT2D eigenvalue weighted by molar-refractivity contribution is 7.53. The zero-order valence-electron chi connectivity index (χ0n) is 15.6. The van der Waals surface area contributed by atoms with Gasteiger partial charge in [-0.25, -0.2) is 0 Å². The lowest BCUT2D eigenvalue weighted by Gasteiger charge is -2.17. The van der Waals surface area contributed by atoms with Gasteiger partial charge in [-0.15, -0.1) is 0 Å². The number of carbonyl (C=O) groups is 2. The normalized spacial score (nSPS) is 12.2. The third kappa shape index (κ3) is 7.92. The molecule has 0 aromatic heterocycles. The Morgan fingerprint density at radius 3 is 2.30 bits per heavy atom. The van der Waals surface area contributed by atoms with Crippen molar-refractivity contribution in [1.82, 2.24) is 5.32 Å². The van der Waals surface area contributed by atoms with Crippen LogP contribution in [0.25, 0.3) is 0 Å². The lowest BCUT2D eigenvalue weighted by atomic mass is 10.1. The zero-order valence-corrected chi connectivity index (χ0v) is 16.5. The van der Waals surface area contributed by atoms with E-state index in [1.807, 2.05) is 6.07 Å². The van der Waals surface area contributed by atoms with Gasteiger partial charge >= 0.3 is 7.60 Å². The highest BCUT2D eigenvalue weighted by Crippen LogP contribution is 2.51. The minimum absolute atomic E-state index is 0.106. The molecule has 1 atom stereocenters. The summed E-state index contributed by atoms with van der Waals surface area (Å²) >= 11 is 0. The van der Waals surface area contributed by atoms with E-state index in [0.29, 0.717) is 24.0 Å². The van der Waals surface area contributed by atoms with Crippen LogP contribution in [-0.2, 0) is 24.6 Å². The number of hydrogen-bond acceptors (Lipinski definition) is 6. The predicted molar refractivity (Wildman–Crippen MR) is 101 cm³/mol. The molecule has 0 saturated heterocycles. The number of nitrogens with zero attached hydrogens (tertiary/aromatic N) is 1. The largest absolute Gasteiger partial charge is 0.368 e. The van der Waals surface area contributed by atoms with Crippen LogP contribution in [0.5, 0.6) is 0 Å². The number of primary amides is 1. The Labute approximate surface area is 159 Å². The minimum Gasteiger partial charge on any atom is -0.368 e. The van der Waals surface area contributed by atoms with Crippen LogP contribution < -0.4 is 11.1 Å². The summed E-state index contributed by atoms with van der Waals surface area (Å²) in [5.74, 6) is -1.09. The van der Waals surface area contributed by atoms with E-state index < -0.39 is 25.5 Å². The predicted octanol–water partition coefficient (Wildman–Crippen LogP) is 2.73. The first kappa shape index (κ1) is 22.8. The molecule has 2 amide bonds. The van der Waals surface area contributed by atoms with Crippen molar-refractivity contribution in [3.63, 3.8) is 0 Å². The van der Waals surface area contributed by atoms with E-state index in [0.717, 1.165) is 0 Å². The Morgan fingerprint density at radius 2 is 1.81 bits per heavy atom. The Bertz CT molecular complexity index is 705. The second-order valence-electron chi connectivity index (χ2n) is 5.78. The maximum absolute atomic E-state index is 12.5. The van der Waals surface area contributed by atoms with Gasteiger partial charge in [0.05, 0.1) is 25.4 Å². The van der Waals surface area contributed by atoms with Gasteiger partial charge in [-0.05, 0) is 44.4 Å². The number of benzene rings is 1. The fourth-order valence-corrected chi connectivity index (χ4v) is 4.12. The second kappa shape index (κ2) is 11.5. The van der Waals surface area contributed by atoms with Crippen LogP contribution in [0.4, 0.5) is 0 Å². The lowest BCUT2D eigenvalue weighted by Crippen LogP contribution is -2.44. The molecule has 0 radical (unpaired) electrons. The highest BCUT2D eigenvalue weighted by Gasteiger charge is 2.24. The summed E-state index contributed by atoms with van der Waals surface area (Å²) in [4.78, 5) is 23.8. The Balaban J connectivity index is 2.76. The van der Waals surface area contributed by atoms with Gasteiger partial charge in [0.2, 0.25) is 5.91 Å². The highest BCUT2D eigenvalue weighted by atomic mass is 31.2. The molecule has 0 aliphatic rings. The molecule has 8 nitrogen and oxygen atoms in total. The van der Waals surface area contributed by atoms with Crippen molar-refractivity contribution in [2.45, 2.75) is 45.3 Å². The molecule has 1 aromatic rings. The molecule has 0 aliphatic heterocycles. The van der Waals surface area contributed by atoms with Crippen LogP contribution in [0, 0.1) is 11.3 Å². The minimum atomic E-state index is -3.22. The first-order valence-corrected chi connectivity index (χ1v) is 10.5. The number of nitrogens with one attached hydrogen (secondary N) is 1. The van der Waals surface area contributed by atoms with E-state index in [2.05, 4.69) is 5.32 Å². The fourth-order valence-electron chi connectivity index (χ4n) is 2.42. The summed E-state index contributed by atoms with van der Waals surface area (Å²) in [6.45, 7) is 4.03. The molecule has 1 aromatic carbocycles.